The summed E-state index contributed by atoms with van der Waals surface area (Å²) in [6.45, 7) is 3.36. The molecule has 1 amide bonds. The number of benzene rings is 1. The van der Waals surface area contributed by atoms with E-state index in [0.717, 1.165) is 10.6 Å². The molecule has 5 nitrogen and oxygen atoms in total. The first-order valence-corrected chi connectivity index (χ1v) is 8.57. The van der Waals surface area contributed by atoms with Gasteiger partial charge in [-0.25, -0.2) is 12.8 Å². The summed E-state index contributed by atoms with van der Waals surface area (Å²) in [7, 11) is -3.46. The van der Waals surface area contributed by atoms with Crippen molar-refractivity contribution in [2.75, 3.05) is 12.8 Å². The van der Waals surface area contributed by atoms with E-state index >= 15 is 0 Å². The molecule has 1 unspecified atom stereocenters. The van der Waals surface area contributed by atoms with Crippen LogP contribution in [0.2, 0.25) is 0 Å². The van der Waals surface area contributed by atoms with E-state index in [2.05, 4.69) is 5.32 Å². The second-order valence-electron chi connectivity index (χ2n) is 4.93. The predicted octanol–water partition coefficient (Wildman–Crippen LogP) is 1.50. The molecular formula is C14H21FN2O3S. The van der Waals surface area contributed by atoms with Crippen molar-refractivity contribution in [3.8, 4) is 0 Å². The molecule has 0 aromatic heterocycles. The summed E-state index contributed by atoms with van der Waals surface area (Å²) in [5, 5.41) is 2.54. The van der Waals surface area contributed by atoms with Gasteiger partial charge in [0, 0.05) is 18.2 Å². The smallest absolute Gasteiger partial charge is 0.235 e. The number of halogens is 1. The van der Waals surface area contributed by atoms with Crippen LogP contribution in [0.1, 0.15) is 25.8 Å². The molecule has 0 heterocycles. The lowest BCUT2D eigenvalue weighted by Gasteiger charge is -2.25. The molecule has 0 radical (unpaired) electrons. The average Bonchev–Trinajstić information content (AvgIpc) is 2.42. The fourth-order valence-electron chi connectivity index (χ4n) is 1.84. The van der Waals surface area contributed by atoms with Crippen LogP contribution in [-0.2, 0) is 21.4 Å². The van der Waals surface area contributed by atoms with Crippen molar-refractivity contribution < 1.29 is 17.6 Å². The van der Waals surface area contributed by atoms with Crippen LogP contribution in [0.15, 0.2) is 24.3 Å². The zero-order chi connectivity index (χ0) is 16.0. The Kier molecular flexibility index (Phi) is 6.29. The van der Waals surface area contributed by atoms with Gasteiger partial charge in [-0.3, -0.25) is 4.79 Å². The van der Waals surface area contributed by atoms with E-state index < -0.39 is 21.7 Å². The third kappa shape index (κ3) is 5.43. The summed E-state index contributed by atoms with van der Waals surface area (Å²) >= 11 is 0. The Morgan fingerprint density at radius 2 is 2.00 bits per heavy atom. The molecule has 0 saturated carbocycles. The minimum Gasteiger partial charge on any atom is -0.351 e. The highest BCUT2D eigenvalue weighted by atomic mass is 32.2. The van der Waals surface area contributed by atoms with Crippen molar-refractivity contribution in [3.05, 3.63) is 35.6 Å². The first-order valence-electron chi connectivity index (χ1n) is 6.72. The summed E-state index contributed by atoms with van der Waals surface area (Å²) in [6.07, 6.45) is 1.68. The second-order valence-corrected chi connectivity index (χ2v) is 6.87. The molecule has 0 aliphatic carbocycles. The summed E-state index contributed by atoms with van der Waals surface area (Å²) in [5.41, 5.74) is 0.361. The number of nitrogens with one attached hydrogen (secondary N) is 1. The zero-order valence-electron chi connectivity index (χ0n) is 12.5. The Morgan fingerprint density at radius 1 is 1.38 bits per heavy atom. The number of carbonyl (C=O) groups excluding carboxylic acids is 1. The van der Waals surface area contributed by atoms with Crippen LogP contribution in [0.5, 0.6) is 0 Å². The van der Waals surface area contributed by atoms with Gasteiger partial charge in [0.05, 0.1) is 12.8 Å². The van der Waals surface area contributed by atoms with Crippen LogP contribution >= 0.6 is 0 Å². The van der Waals surface area contributed by atoms with Crippen LogP contribution in [0.4, 0.5) is 4.39 Å². The van der Waals surface area contributed by atoms with Gasteiger partial charge in [0.1, 0.15) is 5.82 Å². The van der Waals surface area contributed by atoms with Gasteiger partial charge in [0.15, 0.2) is 0 Å². The fraction of sp³-hybridized carbons (Fsp3) is 0.500. The van der Waals surface area contributed by atoms with Gasteiger partial charge in [-0.1, -0.05) is 25.1 Å². The molecule has 0 saturated heterocycles. The quantitative estimate of drug-likeness (QED) is 0.829. The first kappa shape index (κ1) is 17.6. The SMILES string of the molecule is CCC(C)N(CC(=O)NCc1ccccc1F)S(C)(=O)=O. The molecule has 0 spiro atoms. The van der Waals surface area contributed by atoms with Gasteiger partial charge in [0.2, 0.25) is 15.9 Å². The van der Waals surface area contributed by atoms with Crippen molar-refractivity contribution in [1.82, 2.24) is 9.62 Å². The van der Waals surface area contributed by atoms with E-state index in [1.807, 2.05) is 6.92 Å². The van der Waals surface area contributed by atoms with E-state index in [9.17, 15) is 17.6 Å². The Morgan fingerprint density at radius 3 is 2.52 bits per heavy atom. The summed E-state index contributed by atoms with van der Waals surface area (Å²) in [6, 6.07) is 5.85. The largest absolute Gasteiger partial charge is 0.351 e. The molecule has 0 fully saturated rings. The fourth-order valence-corrected chi connectivity index (χ4v) is 2.99. The van der Waals surface area contributed by atoms with Crippen LogP contribution in [0.3, 0.4) is 0 Å². The first-order chi connectivity index (χ1) is 9.75. The van der Waals surface area contributed by atoms with E-state index in [1.54, 1.807) is 25.1 Å². The lowest BCUT2D eigenvalue weighted by molar-refractivity contribution is -0.121. The third-order valence-corrected chi connectivity index (χ3v) is 4.58. The van der Waals surface area contributed by atoms with E-state index in [0.29, 0.717) is 12.0 Å². The molecule has 0 aliphatic rings. The number of sulfonamides is 1. The van der Waals surface area contributed by atoms with Gasteiger partial charge in [-0.2, -0.15) is 4.31 Å². The molecule has 1 rings (SSSR count). The normalized spacial score (nSPS) is 13.2. The third-order valence-electron chi connectivity index (χ3n) is 3.24. The minimum absolute atomic E-state index is 0.0314. The zero-order valence-corrected chi connectivity index (χ0v) is 13.3. The summed E-state index contributed by atoms with van der Waals surface area (Å²) in [5.74, 6) is -0.858. The van der Waals surface area contributed by atoms with Crippen molar-refractivity contribution in [2.24, 2.45) is 0 Å². The molecule has 1 atom stereocenters. The van der Waals surface area contributed by atoms with Crippen LogP contribution in [-0.4, -0.2) is 37.5 Å². The van der Waals surface area contributed by atoms with Gasteiger partial charge in [-0.05, 0) is 19.4 Å². The maximum absolute atomic E-state index is 13.4. The van der Waals surface area contributed by atoms with Crippen molar-refractivity contribution in [2.45, 2.75) is 32.9 Å². The maximum atomic E-state index is 13.4. The number of hydrogen-bond donors (Lipinski definition) is 1. The van der Waals surface area contributed by atoms with Crippen LogP contribution in [0, 0.1) is 5.82 Å². The van der Waals surface area contributed by atoms with Crippen molar-refractivity contribution in [3.63, 3.8) is 0 Å². The summed E-state index contributed by atoms with van der Waals surface area (Å²) in [4.78, 5) is 11.9. The number of hydrogen-bond acceptors (Lipinski definition) is 3. The molecule has 118 valence electrons. The van der Waals surface area contributed by atoms with Crippen molar-refractivity contribution in [1.29, 1.82) is 0 Å². The monoisotopic (exact) mass is 316 g/mol. The van der Waals surface area contributed by atoms with Gasteiger partial charge < -0.3 is 5.32 Å². The molecule has 1 aromatic carbocycles. The lowest BCUT2D eigenvalue weighted by Crippen LogP contribution is -2.44. The Labute approximate surface area is 125 Å². The Bertz CT molecular complexity index is 590. The molecular weight excluding hydrogens is 295 g/mol. The highest BCUT2D eigenvalue weighted by Crippen LogP contribution is 2.09. The Balaban J connectivity index is 2.65. The van der Waals surface area contributed by atoms with E-state index in [1.165, 1.54) is 6.07 Å². The number of carbonyl (C=O) groups is 1. The van der Waals surface area contributed by atoms with E-state index in [4.69, 9.17) is 0 Å². The molecule has 1 aromatic rings. The van der Waals surface area contributed by atoms with Gasteiger partial charge in [-0.15, -0.1) is 0 Å². The standard InChI is InChI=1S/C14H21FN2O3S/c1-4-11(2)17(21(3,19)20)10-14(18)16-9-12-7-5-6-8-13(12)15/h5-8,11H,4,9-10H2,1-3H3,(H,16,18). The van der Waals surface area contributed by atoms with Crippen LogP contribution < -0.4 is 5.32 Å². The Hall–Kier alpha value is -1.47. The maximum Gasteiger partial charge on any atom is 0.235 e. The predicted molar refractivity (Wildman–Crippen MR) is 79.5 cm³/mol. The highest BCUT2D eigenvalue weighted by Gasteiger charge is 2.24. The van der Waals surface area contributed by atoms with Crippen LogP contribution in [0.25, 0.3) is 0 Å². The van der Waals surface area contributed by atoms with Gasteiger partial charge in [0.25, 0.3) is 0 Å². The van der Waals surface area contributed by atoms with E-state index in [-0.39, 0.29) is 19.1 Å². The molecule has 7 heteroatoms. The molecule has 0 aliphatic heterocycles. The van der Waals surface area contributed by atoms with Gasteiger partial charge >= 0.3 is 0 Å². The number of rotatable bonds is 7. The second kappa shape index (κ2) is 7.51. The van der Waals surface area contributed by atoms with Crippen molar-refractivity contribution >= 4 is 15.9 Å². The number of nitrogens with zero attached hydrogens (tertiary/aromatic N) is 1. The summed E-state index contributed by atoms with van der Waals surface area (Å²) < 4.78 is 37.9. The average molecular weight is 316 g/mol. The topological polar surface area (TPSA) is 66.5 Å². The molecule has 21 heavy (non-hydrogen) atoms. The lowest BCUT2D eigenvalue weighted by atomic mass is 10.2. The minimum atomic E-state index is -3.46. The molecule has 1 N–H and O–H groups in total. The highest BCUT2D eigenvalue weighted by molar-refractivity contribution is 7.88. The molecule has 0 bridgehead atoms. The number of amides is 1.